The Morgan fingerprint density at radius 1 is 0.424 bits per heavy atom. The highest BCUT2D eigenvalue weighted by Crippen LogP contribution is 2.35. The SMILES string of the molecule is C.CC(C)(C)OC(=O)N1C[C@H](CN(Cc2cccc(C#N)c2)c2ccc(Cl)cc2)[C@@H](Cc2ccccc2)C1.CC(C)(C)OC(=O)N1C[C@H](CNc2ccc(Cl)cc2)[C@@H](Cc2ccccc2)C1.CC(C)(C)OC(=O)N1C[C@H](Cc2ccccc2)[C@@H](C=O)C1.Cl.N#Cc1cccc(CN(C[C@H]2CNC[C@@H]2Cc2ccccc2)c2ccc(Cl)cc2)c1. The number of nitrogens with zero attached hydrogens (tertiary/aromatic N) is 7. The van der Waals surface area contributed by atoms with Crippen molar-refractivity contribution in [2.75, 3.05) is 87.1 Å². The molecule has 9 aromatic carbocycles. The lowest BCUT2D eigenvalue weighted by molar-refractivity contribution is -0.111. The molecule has 4 aliphatic heterocycles. The third-order valence-corrected chi connectivity index (χ3v) is 21.9. The first-order valence-corrected chi connectivity index (χ1v) is 41.5. The molecule has 4 fully saturated rings. The number of benzene rings is 9. The normalized spacial score (nSPS) is 18.6. The molecule has 8 atom stereocenters. The number of rotatable bonds is 22. The van der Waals surface area contributed by atoms with Gasteiger partial charge in [0.1, 0.15) is 23.1 Å². The molecule has 0 saturated carbocycles. The molecular formula is C98H117Cl4N9O7. The van der Waals surface area contributed by atoms with Gasteiger partial charge in [-0.2, -0.15) is 10.5 Å². The molecule has 0 aliphatic carbocycles. The van der Waals surface area contributed by atoms with Crippen molar-refractivity contribution < 1.29 is 33.4 Å². The van der Waals surface area contributed by atoms with E-state index in [4.69, 9.17) is 49.0 Å². The van der Waals surface area contributed by atoms with E-state index in [1.807, 2.05) is 206 Å². The predicted molar refractivity (Wildman–Crippen MR) is 482 cm³/mol. The molecular weight excluding hydrogens is 1560 g/mol. The molecule has 0 bridgehead atoms. The van der Waals surface area contributed by atoms with Crippen LogP contribution in [0.25, 0.3) is 0 Å². The van der Waals surface area contributed by atoms with Crippen LogP contribution in [0.1, 0.15) is 114 Å². The summed E-state index contributed by atoms with van der Waals surface area (Å²) >= 11 is 18.3. The number of ether oxygens (including phenoxy) is 3. The number of nitriles is 2. The van der Waals surface area contributed by atoms with Crippen LogP contribution in [0.2, 0.25) is 15.1 Å². The topological polar surface area (TPSA) is 184 Å². The monoisotopic (exact) mass is 1670 g/mol. The van der Waals surface area contributed by atoms with Crippen molar-refractivity contribution in [1.82, 2.24) is 20.0 Å². The molecule has 0 spiro atoms. The van der Waals surface area contributed by atoms with E-state index in [0.29, 0.717) is 79.1 Å². The molecule has 624 valence electrons. The number of halogens is 4. The van der Waals surface area contributed by atoms with Crippen LogP contribution in [0, 0.1) is 70.0 Å². The maximum Gasteiger partial charge on any atom is 0.410 e. The van der Waals surface area contributed by atoms with Gasteiger partial charge in [-0.1, -0.05) is 188 Å². The second-order valence-electron chi connectivity index (χ2n) is 33.9. The molecule has 4 saturated heterocycles. The zero-order valence-electron chi connectivity index (χ0n) is 68.8. The molecule has 118 heavy (non-hydrogen) atoms. The summed E-state index contributed by atoms with van der Waals surface area (Å²) in [7, 11) is 0. The molecule has 0 radical (unpaired) electrons. The van der Waals surface area contributed by atoms with Crippen LogP contribution in [-0.4, -0.2) is 128 Å². The number of likely N-dealkylation sites (tertiary alicyclic amines) is 3. The lowest BCUT2D eigenvalue weighted by Gasteiger charge is -2.30. The van der Waals surface area contributed by atoms with Gasteiger partial charge in [-0.25, -0.2) is 14.4 Å². The average molecular weight is 1670 g/mol. The summed E-state index contributed by atoms with van der Waals surface area (Å²) in [6, 6.07) is 85.5. The highest BCUT2D eigenvalue weighted by molar-refractivity contribution is 6.31. The van der Waals surface area contributed by atoms with Crippen LogP contribution in [-0.2, 0) is 57.8 Å². The van der Waals surface area contributed by atoms with Crippen molar-refractivity contribution in [1.29, 1.82) is 10.5 Å². The van der Waals surface area contributed by atoms with Gasteiger partial charge in [0.25, 0.3) is 0 Å². The average Bonchev–Trinajstić information content (AvgIpc) is 1.70. The lowest BCUT2D eigenvalue weighted by Crippen LogP contribution is -2.36. The van der Waals surface area contributed by atoms with Crippen molar-refractivity contribution >= 4 is 88.8 Å². The predicted octanol–water partition coefficient (Wildman–Crippen LogP) is 21.7. The molecule has 4 aliphatic rings. The summed E-state index contributed by atoms with van der Waals surface area (Å²) in [5.41, 5.74) is 10.5. The fourth-order valence-corrected chi connectivity index (χ4v) is 15.9. The van der Waals surface area contributed by atoms with Gasteiger partial charge < -0.3 is 54.1 Å². The summed E-state index contributed by atoms with van der Waals surface area (Å²) < 4.78 is 16.7. The van der Waals surface area contributed by atoms with Gasteiger partial charge in [-0.05, 0) is 273 Å². The van der Waals surface area contributed by atoms with Gasteiger partial charge in [-0.15, -0.1) is 12.4 Å². The van der Waals surface area contributed by atoms with E-state index in [9.17, 15) is 29.7 Å². The fourth-order valence-electron chi connectivity index (χ4n) is 15.5. The Hall–Kier alpha value is -10.0. The van der Waals surface area contributed by atoms with E-state index in [1.54, 1.807) is 4.90 Å². The Balaban J connectivity index is 0.000000198. The molecule has 0 aromatic heterocycles. The van der Waals surface area contributed by atoms with Crippen molar-refractivity contribution in [3.05, 3.63) is 302 Å². The molecule has 20 heteroatoms. The smallest absolute Gasteiger partial charge is 0.410 e. The first-order chi connectivity index (χ1) is 55.6. The Bertz CT molecular complexity index is 4650. The minimum Gasteiger partial charge on any atom is -0.444 e. The van der Waals surface area contributed by atoms with Gasteiger partial charge in [0.05, 0.1) is 23.3 Å². The maximum atomic E-state index is 13.0. The molecule has 13 rings (SSSR count). The van der Waals surface area contributed by atoms with E-state index in [1.165, 1.54) is 22.3 Å². The highest BCUT2D eigenvalue weighted by Gasteiger charge is 2.41. The zero-order valence-corrected chi connectivity index (χ0v) is 71.9. The van der Waals surface area contributed by atoms with Crippen LogP contribution in [0.4, 0.5) is 31.4 Å². The molecule has 9 aromatic rings. The number of hydrogen-bond donors (Lipinski definition) is 2. The van der Waals surface area contributed by atoms with Crippen LogP contribution >= 0.6 is 47.2 Å². The first-order valence-electron chi connectivity index (χ1n) is 40.3. The van der Waals surface area contributed by atoms with E-state index in [0.717, 1.165) is 116 Å². The number of hydrogen-bond acceptors (Lipinski definition) is 13. The molecule has 3 amide bonds. The minimum absolute atomic E-state index is 0. The number of nitrogens with one attached hydrogen (secondary N) is 2. The zero-order chi connectivity index (χ0) is 82.8. The van der Waals surface area contributed by atoms with E-state index < -0.39 is 16.8 Å². The fraction of sp³-hybridized carbons (Fsp3) is 0.388. The Kier molecular flexibility index (Phi) is 35.8. The Labute approximate surface area is 722 Å². The van der Waals surface area contributed by atoms with E-state index in [-0.39, 0.29) is 61.8 Å². The lowest BCUT2D eigenvalue weighted by atomic mass is 9.89. The van der Waals surface area contributed by atoms with Crippen LogP contribution in [0.3, 0.4) is 0 Å². The third-order valence-electron chi connectivity index (χ3n) is 21.2. The number of aldehydes is 1. The first kappa shape index (κ1) is 93.5. The van der Waals surface area contributed by atoms with Crippen molar-refractivity contribution in [2.45, 2.75) is 125 Å². The van der Waals surface area contributed by atoms with Crippen LogP contribution in [0.5, 0.6) is 0 Å². The van der Waals surface area contributed by atoms with Gasteiger partial charge in [0.2, 0.25) is 0 Å². The Morgan fingerprint density at radius 3 is 1.14 bits per heavy atom. The number of amides is 3. The van der Waals surface area contributed by atoms with Crippen LogP contribution < -0.4 is 20.4 Å². The van der Waals surface area contributed by atoms with E-state index in [2.05, 4.69) is 142 Å². The number of anilines is 3. The maximum absolute atomic E-state index is 13.0. The van der Waals surface area contributed by atoms with Crippen molar-refractivity contribution in [2.24, 2.45) is 47.3 Å². The van der Waals surface area contributed by atoms with Crippen molar-refractivity contribution in [3.8, 4) is 12.1 Å². The van der Waals surface area contributed by atoms with Crippen molar-refractivity contribution in [3.63, 3.8) is 0 Å². The van der Waals surface area contributed by atoms with Crippen LogP contribution in [0.15, 0.2) is 243 Å². The summed E-state index contributed by atoms with van der Waals surface area (Å²) in [5, 5.41) is 27.9. The summed E-state index contributed by atoms with van der Waals surface area (Å²) in [6.07, 6.45) is 3.91. The van der Waals surface area contributed by atoms with Gasteiger partial charge in [-0.3, -0.25) is 0 Å². The highest BCUT2D eigenvalue weighted by atomic mass is 35.5. The molecule has 16 nitrogen and oxygen atoms in total. The Morgan fingerprint density at radius 2 is 0.746 bits per heavy atom. The minimum atomic E-state index is -0.537. The second-order valence-corrected chi connectivity index (χ2v) is 35.2. The van der Waals surface area contributed by atoms with E-state index >= 15 is 0 Å². The molecule has 0 unspecified atom stereocenters. The second kappa shape index (κ2) is 45.2. The number of carbonyl (C=O) groups excluding carboxylic acids is 4. The standard InChI is InChI=1S/C31H34ClN3O2.C26H26ClN3.C23H29ClN2O2.C17H23NO3.CH4.ClH/c1-31(2,3)37-30(36)35-20-26(17-23-8-5-4-6-9-23)27(22-35)21-34(29-14-12-28(32)13-15-29)19-25-11-7-10-24(16-25)18-33;27-25-9-11-26(12-10-25)30(18-22-8-4-7-21(13-22)15-28)19-24-17-29-16-23(24)14-20-5-2-1-3-6-20;1-23(2,3)28-22(27)26-15-18(13-17-7-5-4-6-8-17)19(16-26)14-25-21-11-9-20(24)10-12-21;1-17(2,3)21-16(20)18-10-14(15(11-18)12-19)9-13-7-5-4-6-8-13;;/h4-16,26-27H,17,19-22H2,1-3H3;1-13,23-24,29H,14,16-19H2;4-12,18-19,25H,13-16H2,1-3H3;4-8,12,14-15H,9-11H2,1-3H3;1H4;1H/t26-,27-;23-,24+;18-,19-;14-,15+;;/m0000../s1. The summed E-state index contributed by atoms with van der Waals surface area (Å²) in [5.74, 6) is 2.47. The van der Waals surface area contributed by atoms with Gasteiger partial charge in [0, 0.05) is 110 Å². The summed E-state index contributed by atoms with van der Waals surface area (Å²) in [4.78, 5) is 59.1. The summed E-state index contributed by atoms with van der Waals surface area (Å²) in [6.45, 7) is 26.7. The molecule has 4 heterocycles. The van der Waals surface area contributed by atoms with Gasteiger partial charge >= 0.3 is 18.3 Å². The van der Waals surface area contributed by atoms with Gasteiger partial charge in [0.15, 0.2) is 0 Å². The quantitative estimate of drug-likeness (QED) is 0.0483. The third kappa shape index (κ3) is 30.4. The largest absolute Gasteiger partial charge is 0.444 e. The molecule has 2 N–H and O–H groups in total. The number of carbonyl (C=O) groups is 4.